The third-order valence-electron chi connectivity index (χ3n) is 4.27. The molecule has 1 aliphatic rings. The first-order valence-electron chi connectivity index (χ1n) is 7.65. The largest absolute Gasteiger partial charge is 0.489 e. The van der Waals surface area contributed by atoms with E-state index in [1.54, 1.807) is 0 Å². The van der Waals surface area contributed by atoms with Gasteiger partial charge in [-0.25, -0.2) is 0 Å². The van der Waals surface area contributed by atoms with Gasteiger partial charge in [-0.05, 0) is 38.3 Å². The van der Waals surface area contributed by atoms with E-state index < -0.39 is 11.4 Å². The number of carbonyl (C=O) groups is 2. The summed E-state index contributed by atoms with van der Waals surface area (Å²) < 4.78 is 5.78. The predicted octanol–water partition coefficient (Wildman–Crippen LogP) is 2.52. The summed E-state index contributed by atoms with van der Waals surface area (Å²) in [4.78, 5) is 23.2. The van der Waals surface area contributed by atoms with Crippen molar-refractivity contribution in [2.75, 3.05) is 6.54 Å². The predicted molar refractivity (Wildman–Crippen MR) is 82.8 cm³/mol. The van der Waals surface area contributed by atoms with Crippen LogP contribution in [-0.4, -0.2) is 29.6 Å². The van der Waals surface area contributed by atoms with Gasteiger partial charge >= 0.3 is 5.97 Å². The molecule has 0 aliphatic heterocycles. The van der Waals surface area contributed by atoms with E-state index in [1.807, 2.05) is 38.1 Å². The molecule has 22 heavy (non-hydrogen) atoms. The molecule has 0 bridgehead atoms. The zero-order valence-corrected chi connectivity index (χ0v) is 13.1. The highest BCUT2D eigenvalue weighted by Crippen LogP contribution is 2.44. The number of ether oxygens (including phenoxy) is 1. The highest BCUT2D eigenvalue weighted by molar-refractivity contribution is 5.85. The highest BCUT2D eigenvalue weighted by atomic mass is 16.5. The number of aryl methyl sites for hydroxylation is 1. The lowest BCUT2D eigenvalue weighted by Gasteiger charge is -2.37. The van der Waals surface area contributed by atoms with Crippen LogP contribution in [0.2, 0.25) is 0 Å². The lowest BCUT2D eigenvalue weighted by molar-refractivity contribution is -0.157. The van der Waals surface area contributed by atoms with E-state index in [-0.39, 0.29) is 18.4 Å². The molecule has 5 nitrogen and oxygen atoms in total. The molecule has 0 saturated heterocycles. The number of hydrogen-bond acceptors (Lipinski definition) is 3. The van der Waals surface area contributed by atoms with Gasteiger partial charge in [0.25, 0.3) is 0 Å². The Morgan fingerprint density at radius 1 is 1.36 bits per heavy atom. The minimum atomic E-state index is -0.863. The third-order valence-corrected chi connectivity index (χ3v) is 4.27. The van der Waals surface area contributed by atoms with Crippen molar-refractivity contribution in [3.8, 4) is 5.75 Å². The van der Waals surface area contributed by atoms with Crippen LogP contribution in [-0.2, 0) is 9.59 Å². The number of hydrogen-bond donors (Lipinski definition) is 2. The zero-order valence-electron chi connectivity index (χ0n) is 13.1. The van der Waals surface area contributed by atoms with Crippen molar-refractivity contribution in [1.82, 2.24) is 5.32 Å². The number of benzene rings is 1. The molecule has 0 heterocycles. The fourth-order valence-corrected chi connectivity index (χ4v) is 2.64. The topological polar surface area (TPSA) is 75.6 Å². The molecule has 0 spiro atoms. The normalized spacial score (nSPS) is 17.2. The van der Waals surface area contributed by atoms with E-state index in [1.165, 1.54) is 0 Å². The first-order valence-corrected chi connectivity index (χ1v) is 7.65. The number of carboxylic acid groups (broad SMARTS) is 1. The van der Waals surface area contributed by atoms with Gasteiger partial charge in [0, 0.05) is 6.42 Å². The second kappa shape index (κ2) is 6.81. The Hall–Kier alpha value is -2.04. The Balaban J connectivity index is 1.79. The van der Waals surface area contributed by atoms with Crippen molar-refractivity contribution in [2.24, 2.45) is 5.41 Å². The summed E-state index contributed by atoms with van der Waals surface area (Å²) in [6, 6.07) is 7.70. The molecule has 2 N–H and O–H groups in total. The minimum absolute atomic E-state index is 0.0550. The molecule has 0 radical (unpaired) electrons. The van der Waals surface area contributed by atoms with Gasteiger partial charge < -0.3 is 15.2 Å². The second-order valence-electron chi connectivity index (χ2n) is 6.11. The molecule has 0 aromatic heterocycles. The van der Waals surface area contributed by atoms with Crippen LogP contribution in [0.5, 0.6) is 5.75 Å². The average Bonchev–Trinajstić information content (AvgIpc) is 2.43. The van der Waals surface area contributed by atoms with E-state index in [4.69, 9.17) is 4.74 Å². The Bertz CT molecular complexity index is 551. The van der Waals surface area contributed by atoms with E-state index in [0.717, 1.165) is 17.7 Å². The van der Waals surface area contributed by atoms with Crippen molar-refractivity contribution in [3.63, 3.8) is 0 Å². The first-order chi connectivity index (χ1) is 10.4. The number of aliphatic carboxylic acids is 1. The smallest absolute Gasteiger partial charge is 0.310 e. The fraction of sp³-hybridized carbons (Fsp3) is 0.529. The minimum Gasteiger partial charge on any atom is -0.489 e. The number of carbonyl (C=O) groups excluding carboxylic acids is 1. The van der Waals surface area contributed by atoms with Gasteiger partial charge in [0.15, 0.2) is 0 Å². The fourth-order valence-electron chi connectivity index (χ4n) is 2.64. The molecule has 5 heteroatoms. The van der Waals surface area contributed by atoms with Crippen LogP contribution in [0.3, 0.4) is 0 Å². The SMILES string of the molecule is Cc1ccccc1OC(C)CNC(=O)CC1(C(=O)O)CCC1. The van der Waals surface area contributed by atoms with Crippen LogP contribution in [0, 0.1) is 12.3 Å². The van der Waals surface area contributed by atoms with Gasteiger partial charge in [0.2, 0.25) is 5.91 Å². The molecule has 1 atom stereocenters. The van der Waals surface area contributed by atoms with E-state index in [9.17, 15) is 14.7 Å². The quantitative estimate of drug-likeness (QED) is 0.811. The van der Waals surface area contributed by atoms with Crippen molar-refractivity contribution in [1.29, 1.82) is 0 Å². The molecule has 1 aromatic rings. The van der Waals surface area contributed by atoms with Gasteiger partial charge in [-0.15, -0.1) is 0 Å². The maximum atomic E-state index is 11.9. The van der Waals surface area contributed by atoms with Gasteiger partial charge in [0.1, 0.15) is 11.9 Å². The monoisotopic (exact) mass is 305 g/mol. The Kier molecular flexibility index (Phi) is 5.06. The van der Waals surface area contributed by atoms with E-state index in [0.29, 0.717) is 19.4 Å². The maximum Gasteiger partial charge on any atom is 0.310 e. The number of para-hydroxylation sites is 1. The van der Waals surface area contributed by atoms with Crippen LogP contribution < -0.4 is 10.1 Å². The Morgan fingerprint density at radius 3 is 2.59 bits per heavy atom. The van der Waals surface area contributed by atoms with Gasteiger partial charge in [-0.1, -0.05) is 24.6 Å². The molecule has 1 fully saturated rings. The van der Waals surface area contributed by atoms with Crippen LogP contribution in [0.15, 0.2) is 24.3 Å². The Labute approximate surface area is 130 Å². The molecule has 1 aromatic carbocycles. The Morgan fingerprint density at radius 2 is 2.05 bits per heavy atom. The van der Waals surface area contributed by atoms with Crippen molar-refractivity contribution < 1.29 is 19.4 Å². The first kappa shape index (κ1) is 16.3. The second-order valence-corrected chi connectivity index (χ2v) is 6.11. The summed E-state index contributed by atoms with van der Waals surface area (Å²) in [5, 5.41) is 12.0. The molecule has 1 unspecified atom stereocenters. The lowest BCUT2D eigenvalue weighted by Crippen LogP contribution is -2.44. The van der Waals surface area contributed by atoms with Gasteiger partial charge in [-0.2, -0.15) is 0 Å². The average molecular weight is 305 g/mol. The van der Waals surface area contributed by atoms with E-state index in [2.05, 4.69) is 5.32 Å². The van der Waals surface area contributed by atoms with Gasteiger partial charge in [0.05, 0.1) is 12.0 Å². The number of rotatable bonds is 7. The molecular weight excluding hydrogens is 282 g/mol. The maximum absolute atomic E-state index is 11.9. The van der Waals surface area contributed by atoms with Crippen LogP contribution in [0.4, 0.5) is 0 Å². The molecule has 2 rings (SSSR count). The zero-order chi connectivity index (χ0) is 16.2. The number of carboxylic acids is 1. The highest BCUT2D eigenvalue weighted by Gasteiger charge is 2.45. The van der Waals surface area contributed by atoms with E-state index >= 15 is 0 Å². The summed E-state index contributed by atoms with van der Waals surface area (Å²) in [5.41, 5.74) is 0.199. The summed E-state index contributed by atoms with van der Waals surface area (Å²) in [6.45, 7) is 4.21. The lowest BCUT2D eigenvalue weighted by atomic mass is 9.66. The molecule has 1 saturated carbocycles. The summed E-state index contributed by atoms with van der Waals surface area (Å²) in [5.74, 6) is -0.286. The number of amides is 1. The standard InChI is InChI=1S/C17H23NO4/c1-12-6-3-4-7-14(12)22-13(2)11-18-15(19)10-17(16(20)21)8-5-9-17/h3-4,6-7,13H,5,8-11H2,1-2H3,(H,18,19)(H,20,21). The molecule has 120 valence electrons. The summed E-state index contributed by atoms with van der Waals surface area (Å²) in [6.07, 6.45) is 1.94. The summed E-state index contributed by atoms with van der Waals surface area (Å²) in [7, 11) is 0. The van der Waals surface area contributed by atoms with Crippen LogP contribution in [0.25, 0.3) is 0 Å². The third kappa shape index (κ3) is 3.78. The van der Waals surface area contributed by atoms with Gasteiger partial charge in [-0.3, -0.25) is 9.59 Å². The van der Waals surface area contributed by atoms with Crippen LogP contribution in [0.1, 0.15) is 38.2 Å². The summed E-state index contributed by atoms with van der Waals surface area (Å²) >= 11 is 0. The van der Waals surface area contributed by atoms with Crippen molar-refractivity contribution in [2.45, 2.75) is 45.6 Å². The molecule has 1 aliphatic carbocycles. The number of nitrogens with one attached hydrogen (secondary N) is 1. The molecule has 1 amide bonds. The molecular formula is C17H23NO4. The van der Waals surface area contributed by atoms with Crippen molar-refractivity contribution in [3.05, 3.63) is 29.8 Å². The van der Waals surface area contributed by atoms with Crippen LogP contribution >= 0.6 is 0 Å². The van der Waals surface area contributed by atoms with Crippen molar-refractivity contribution >= 4 is 11.9 Å².